The molecule has 1 rings (SSSR count). The van der Waals surface area contributed by atoms with E-state index in [1.54, 1.807) is 7.11 Å². The maximum atomic E-state index is 11.8. The summed E-state index contributed by atoms with van der Waals surface area (Å²) in [6, 6.07) is -0.140. The van der Waals surface area contributed by atoms with Gasteiger partial charge in [0.05, 0.1) is 12.6 Å². The zero-order valence-corrected chi connectivity index (χ0v) is 9.94. The third-order valence-corrected chi connectivity index (χ3v) is 2.84. The molecule has 1 fully saturated rings. The van der Waals surface area contributed by atoms with Crippen LogP contribution in [0.1, 0.15) is 19.8 Å². The Morgan fingerprint density at radius 1 is 1.69 bits per heavy atom. The van der Waals surface area contributed by atoms with Crippen molar-refractivity contribution in [1.29, 1.82) is 0 Å². The van der Waals surface area contributed by atoms with E-state index in [4.69, 9.17) is 14.6 Å². The fourth-order valence-corrected chi connectivity index (χ4v) is 1.87. The maximum absolute atomic E-state index is 11.8. The van der Waals surface area contributed by atoms with Crippen LogP contribution in [-0.2, 0) is 14.3 Å². The number of carbonyl (C=O) groups excluding carboxylic acids is 1. The summed E-state index contributed by atoms with van der Waals surface area (Å²) < 4.78 is 10.3. The highest BCUT2D eigenvalue weighted by Crippen LogP contribution is 2.20. The van der Waals surface area contributed by atoms with Gasteiger partial charge in [-0.25, -0.2) is 0 Å². The topological polar surface area (TPSA) is 67.8 Å². The normalized spacial score (nSPS) is 26.7. The molecule has 0 spiro atoms. The van der Waals surface area contributed by atoms with Crippen molar-refractivity contribution in [3.05, 3.63) is 0 Å². The second-order valence-electron chi connectivity index (χ2n) is 4.23. The molecule has 1 saturated heterocycles. The van der Waals surface area contributed by atoms with Gasteiger partial charge in [-0.15, -0.1) is 0 Å². The van der Waals surface area contributed by atoms with Gasteiger partial charge in [0, 0.05) is 20.3 Å². The van der Waals surface area contributed by atoms with E-state index in [2.05, 4.69) is 5.32 Å². The van der Waals surface area contributed by atoms with Crippen molar-refractivity contribution >= 4 is 5.91 Å². The number of amides is 1. The molecular formula is C11H21NO4. The smallest absolute Gasteiger partial charge is 0.249 e. The van der Waals surface area contributed by atoms with Gasteiger partial charge < -0.3 is 19.9 Å². The molecule has 0 aromatic rings. The Hall–Kier alpha value is -0.650. The summed E-state index contributed by atoms with van der Waals surface area (Å²) >= 11 is 0. The molecule has 2 N–H and O–H groups in total. The molecule has 1 heterocycles. The summed E-state index contributed by atoms with van der Waals surface area (Å²) in [6.07, 6.45) is 1.08. The Morgan fingerprint density at radius 2 is 2.44 bits per heavy atom. The van der Waals surface area contributed by atoms with Crippen LogP contribution in [0.25, 0.3) is 0 Å². The lowest BCUT2D eigenvalue weighted by molar-refractivity contribution is -0.132. The lowest BCUT2D eigenvalue weighted by Crippen LogP contribution is -2.45. The van der Waals surface area contributed by atoms with Crippen LogP contribution in [0.2, 0.25) is 0 Å². The number of hydrogen-bond acceptors (Lipinski definition) is 4. The third-order valence-electron chi connectivity index (χ3n) is 2.84. The largest absolute Gasteiger partial charge is 0.396 e. The lowest BCUT2D eigenvalue weighted by Gasteiger charge is -2.20. The summed E-state index contributed by atoms with van der Waals surface area (Å²) in [5, 5.41) is 11.7. The van der Waals surface area contributed by atoms with E-state index >= 15 is 0 Å². The first kappa shape index (κ1) is 13.4. The zero-order valence-electron chi connectivity index (χ0n) is 9.94. The molecule has 0 aliphatic carbocycles. The van der Waals surface area contributed by atoms with Gasteiger partial charge in [-0.05, 0) is 18.8 Å². The molecule has 3 unspecified atom stereocenters. The number of carbonyl (C=O) groups is 1. The van der Waals surface area contributed by atoms with Crippen LogP contribution in [0.3, 0.4) is 0 Å². The van der Waals surface area contributed by atoms with Crippen LogP contribution in [0.5, 0.6) is 0 Å². The van der Waals surface area contributed by atoms with Gasteiger partial charge in [-0.3, -0.25) is 4.79 Å². The Bertz CT molecular complexity index is 216. The number of aliphatic hydroxyl groups is 1. The number of nitrogens with one attached hydrogen (secondary N) is 1. The minimum absolute atomic E-state index is 0.0371. The van der Waals surface area contributed by atoms with Crippen LogP contribution in [0.15, 0.2) is 0 Å². The average Bonchev–Trinajstić information content (AvgIpc) is 2.65. The van der Waals surface area contributed by atoms with E-state index < -0.39 is 0 Å². The molecule has 3 atom stereocenters. The Kier molecular flexibility index (Phi) is 5.73. The number of aliphatic hydroxyl groups excluding tert-OH is 1. The second kappa shape index (κ2) is 6.83. The van der Waals surface area contributed by atoms with Gasteiger partial charge in [0.1, 0.15) is 6.10 Å². The van der Waals surface area contributed by atoms with Crippen LogP contribution in [0, 0.1) is 5.92 Å². The predicted octanol–water partition coefficient (Wildman–Crippen LogP) is -0.0750. The first-order valence-electron chi connectivity index (χ1n) is 5.70. The van der Waals surface area contributed by atoms with E-state index in [9.17, 15) is 4.79 Å². The molecule has 5 nitrogen and oxygen atoms in total. The van der Waals surface area contributed by atoms with Gasteiger partial charge >= 0.3 is 0 Å². The highest BCUT2D eigenvalue weighted by atomic mass is 16.5. The van der Waals surface area contributed by atoms with Gasteiger partial charge in [0.15, 0.2) is 0 Å². The quantitative estimate of drug-likeness (QED) is 0.671. The molecule has 0 aromatic heterocycles. The van der Waals surface area contributed by atoms with E-state index in [0.717, 1.165) is 6.42 Å². The van der Waals surface area contributed by atoms with Gasteiger partial charge in [-0.1, -0.05) is 6.92 Å². The van der Waals surface area contributed by atoms with E-state index in [1.807, 2.05) is 6.92 Å². The number of hydrogen-bond donors (Lipinski definition) is 2. The molecule has 0 bridgehead atoms. The third kappa shape index (κ3) is 3.73. The highest BCUT2D eigenvalue weighted by Gasteiger charge is 2.31. The molecule has 0 saturated carbocycles. The summed E-state index contributed by atoms with van der Waals surface area (Å²) in [5.41, 5.74) is 0. The van der Waals surface area contributed by atoms with Crippen LogP contribution in [0.4, 0.5) is 0 Å². The van der Waals surface area contributed by atoms with Crippen molar-refractivity contribution < 1.29 is 19.4 Å². The van der Waals surface area contributed by atoms with Crippen molar-refractivity contribution in [3.63, 3.8) is 0 Å². The zero-order chi connectivity index (χ0) is 12.0. The number of rotatable bonds is 6. The van der Waals surface area contributed by atoms with Crippen molar-refractivity contribution in [2.75, 3.05) is 26.9 Å². The molecule has 0 aromatic carbocycles. The monoisotopic (exact) mass is 231 g/mol. The second-order valence-corrected chi connectivity index (χ2v) is 4.23. The average molecular weight is 231 g/mol. The Labute approximate surface area is 96.1 Å². The fraction of sp³-hybridized carbons (Fsp3) is 0.909. The summed E-state index contributed by atoms with van der Waals surface area (Å²) in [5.74, 6) is 0.165. The highest BCUT2D eigenvalue weighted by molar-refractivity contribution is 5.81. The Balaban J connectivity index is 2.40. The van der Waals surface area contributed by atoms with Crippen molar-refractivity contribution in [2.45, 2.75) is 31.9 Å². The van der Waals surface area contributed by atoms with E-state index in [0.29, 0.717) is 19.6 Å². The van der Waals surface area contributed by atoms with Crippen molar-refractivity contribution in [1.82, 2.24) is 5.32 Å². The van der Waals surface area contributed by atoms with E-state index in [-0.39, 0.29) is 30.6 Å². The number of ether oxygens (including phenoxy) is 2. The lowest BCUT2D eigenvalue weighted by atomic mass is 10.0. The molecular weight excluding hydrogens is 210 g/mol. The van der Waals surface area contributed by atoms with Crippen LogP contribution in [-0.4, -0.2) is 50.1 Å². The summed E-state index contributed by atoms with van der Waals surface area (Å²) in [4.78, 5) is 11.8. The molecule has 5 heteroatoms. The summed E-state index contributed by atoms with van der Waals surface area (Å²) in [7, 11) is 1.57. The van der Waals surface area contributed by atoms with Crippen molar-refractivity contribution in [3.8, 4) is 0 Å². The Morgan fingerprint density at radius 3 is 2.94 bits per heavy atom. The van der Waals surface area contributed by atoms with Crippen molar-refractivity contribution in [2.24, 2.45) is 5.92 Å². The number of methoxy groups -OCH3 is 1. The molecule has 1 aliphatic rings. The fourth-order valence-electron chi connectivity index (χ4n) is 1.87. The molecule has 94 valence electrons. The van der Waals surface area contributed by atoms with Gasteiger partial charge in [0.2, 0.25) is 5.91 Å². The standard InChI is InChI=1S/C11H21NO4/c1-8-4-6-16-10(8)11(14)12-9(3-5-13)7-15-2/h8-10,13H,3-7H2,1-2H3,(H,12,14). The predicted molar refractivity (Wildman–Crippen MR) is 59.0 cm³/mol. The minimum Gasteiger partial charge on any atom is -0.396 e. The SMILES string of the molecule is COCC(CCO)NC(=O)C1OCCC1C. The van der Waals surface area contributed by atoms with Gasteiger partial charge in [0.25, 0.3) is 0 Å². The summed E-state index contributed by atoms with van der Waals surface area (Å²) in [6.45, 7) is 3.10. The maximum Gasteiger partial charge on any atom is 0.249 e. The van der Waals surface area contributed by atoms with E-state index in [1.165, 1.54) is 0 Å². The van der Waals surface area contributed by atoms with Crippen LogP contribution < -0.4 is 5.32 Å². The molecule has 0 radical (unpaired) electrons. The minimum atomic E-state index is -0.349. The first-order valence-corrected chi connectivity index (χ1v) is 5.70. The van der Waals surface area contributed by atoms with Gasteiger partial charge in [-0.2, -0.15) is 0 Å². The molecule has 1 aliphatic heterocycles. The molecule has 16 heavy (non-hydrogen) atoms. The molecule has 1 amide bonds. The first-order chi connectivity index (χ1) is 7.69. The van der Waals surface area contributed by atoms with Crippen LogP contribution >= 0.6 is 0 Å².